The summed E-state index contributed by atoms with van der Waals surface area (Å²) >= 11 is 0. The van der Waals surface area contributed by atoms with E-state index in [4.69, 9.17) is 9.47 Å². The van der Waals surface area contributed by atoms with Crippen molar-refractivity contribution in [2.75, 3.05) is 13.2 Å². The van der Waals surface area contributed by atoms with Crippen molar-refractivity contribution in [3.63, 3.8) is 0 Å². The Kier molecular flexibility index (Phi) is 4.06. The third kappa shape index (κ3) is 2.28. The van der Waals surface area contributed by atoms with E-state index in [-0.39, 0.29) is 25.2 Å². The molecule has 1 aromatic rings. The Morgan fingerprint density at radius 1 is 1.25 bits per heavy atom. The molecule has 0 aromatic heterocycles. The lowest BCUT2D eigenvalue weighted by Gasteiger charge is -2.16. The van der Waals surface area contributed by atoms with Gasteiger partial charge in [-0.1, -0.05) is 18.2 Å². The third-order valence-corrected chi connectivity index (χ3v) is 3.53. The monoisotopic (exact) mass is 280 g/mol. The molecule has 1 aliphatic rings. The maximum Gasteiger partial charge on any atom is 0.317 e. The van der Waals surface area contributed by atoms with E-state index in [1.165, 1.54) is 12.1 Å². The second kappa shape index (κ2) is 5.61. The first-order valence-corrected chi connectivity index (χ1v) is 6.66. The van der Waals surface area contributed by atoms with Crippen LogP contribution in [0.4, 0.5) is 4.39 Å². The lowest BCUT2D eigenvalue weighted by molar-refractivity contribution is -0.152. The summed E-state index contributed by atoms with van der Waals surface area (Å²) in [5, 5.41) is 0. The first-order valence-electron chi connectivity index (χ1n) is 6.66. The van der Waals surface area contributed by atoms with Gasteiger partial charge in [-0.15, -0.1) is 0 Å². The van der Waals surface area contributed by atoms with E-state index in [9.17, 15) is 14.0 Å². The van der Waals surface area contributed by atoms with Gasteiger partial charge in [0.15, 0.2) is 0 Å². The van der Waals surface area contributed by atoms with Gasteiger partial charge in [-0.05, 0) is 26.3 Å². The molecule has 108 valence electrons. The van der Waals surface area contributed by atoms with E-state index in [1.807, 2.05) is 0 Å². The van der Waals surface area contributed by atoms with Gasteiger partial charge in [-0.25, -0.2) is 4.39 Å². The Balaban J connectivity index is 2.36. The summed E-state index contributed by atoms with van der Waals surface area (Å²) in [7, 11) is 0. The maximum absolute atomic E-state index is 14.0. The molecule has 0 heterocycles. The van der Waals surface area contributed by atoms with Gasteiger partial charge in [0.25, 0.3) is 0 Å². The molecule has 0 radical (unpaired) electrons. The summed E-state index contributed by atoms with van der Waals surface area (Å²) in [6.07, 6.45) is 0.228. The summed E-state index contributed by atoms with van der Waals surface area (Å²) in [6.45, 7) is 3.78. The lowest BCUT2D eigenvalue weighted by atomic mass is 9.92. The van der Waals surface area contributed by atoms with Gasteiger partial charge in [0.1, 0.15) is 11.2 Å². The van der Waals surface area contributed by atoms with Gasteiger partial charge in [0.2, 0.25) is 0 Å². The van der Waals surface area contributed by atoms with Crippen LogP contribution in [0.2, 0.25) is 0 Å². The molecule has 2 atom stereocenters. The van der Waals surface area contributed by atoms with Gasteiger partial charge in [-0.3, -0.25) is 9.59 Å². The van der Waals surface area contributed by atoms with Gasteiger partial charge in [0, 0.05) is 5.56 Å². The quantitative estimate of drug-likeness (QED) is 0.776. The minimum atomic E-state index is -1.23. The van der Waals surface area contributed by atoms with Crippen LogP contribution in [0.1, 0.15) is 25.8 Å². The first-order chi connectivity index (χ1) is 9.57. The van der Waals surface area contributed by atoms with Crippen LogP contribution in [-0.4, -0.2) is 25.2 Å². The lowest BCUT2D eigenvalue weighted by Crippen LogP contribution is -2.29. The summed E-state index contributed by atoms with van der Waals surface area (Å²) in [5.74, 6) is -2.22. The van der Waals surface area contributed by atoms with E-state index < -0.39 is 29.1 Å². The number of esters is 2. The molecule has 0 aliphatic heterocycles. The van der Waals surface area contributed by atoms with Crippen LogP contribution in [0.3, 0.4) is 0 Å². The fourth-order valence-electron chi connectivity index (χ4n) is 2.51. The first kappa shape index (κ1) is 14.5. The average Bonchev–Trinajstić information content (AvgIpc) is 3.16. The van der Waals surface area contributed by atoms with Gasteiger partial charge in [0.05, 0.1) is 19.1 Å². The smallest absolute Gasteiger partial charge is 0.317 e. The molecule has 1 saturated carbocycles. The molecular formula is C15H17FO4. The molecule has 1 aliphatic carbocycles. The van der Waals surface area contributed by atoms with Gasteiger partial charge >= 0.3 is 11.9 Å². The van der Waals surface area contributed by atoms with Crippen LogP contribution in [-0.2, 0) is 24.5 Å². The Hall–Kier alpha value is -1.91. The molecule has 0 saturated heterocycles. The van der Waals surface area contributed by atoms with Crippen LogP contribution in [0.15, 0.2) is 24.3 Å². The summed E-state index contributed by atoms with van der Waals surface area (Å²) in [5.41, 5.74) is -1.02. The topological polar surface area (TPSA) is 52.6 Å². The van der Waals surface area contributed by atoms with E-state index in [0.29, 0.717) is 0 Å². The maximum atomic E-state index is 14.0. The molecule has 4 nitrogen and oxygen atoms in total. The van der Waals surface area contributed by atoms with Crippen LogP contribution in [0, 0.1) is 11.7 Å². The molecule has 0 N–H and O–H groups in total. The minimum absolute atomic E-state index is 0.185. The van der Waals surface area contributed by atoms with Crippen molar-refractivity contribution in [3.05, 3.63) is 35.6 Å². The molecule has 0 spiro atoms. The molecular weight excluding hydrogens is 263 g/mol. The number of hydrogen-bond acceptors (Lipinski definition) is 4. The fraction of sp³-hybridized carbons (Fsp3) is 0.467. The Bertz CT molecular complexity index is 528. The van der Waals surface area contributed by atoms with Gasteiger partial charge in [-0.2, -0.15) is 0 Å². The zero-order chi connectivity index (χ0) is 14.8. The van der Waals surface area contributed by atoms with Crippen molar-refractivity contribution in [2.24, 2.45) is 5.92 Å². The Labute approximate surface area is 116 Å². The number of ether oxygens (including phenoxy) is 2. The van der Waals surface area contributed by atoms with Crippen LogP contribution in [0.5, 0.6) is 0 Å². The Morgan fingerprint density at radius 3 is 2.50 bits per heavy atom. The van der Waals surface area contributed by atoms with E-state index >= 15 is 0 Å². The fourth-order valence-corrected chi connectivity index (χ4v) is 2.51. The largest absolute Gasteiger partial charge is 0.466 e. The normalized spacial score (nSPS) is 24.1. The summed E-state index contributed by atoms with van der Waals surface area (Å²) in [4.78, 5) is 24.1. The molecule has 5 heteroatoms. The number of benzene rings is 1. The number of hydrogen-bond donors (Lipinski definition) is 0. The minimum Gasteiger partial charge on any atom is -0.466 e. The summed E-state index contributed by atoms with van der Waals surface area (Å²) in [6, 6.07) is 5.97. The molecule has 0 bridgehead atoms. The van der Waals surface area contributed by atoms with Crippen molar-refractivity contribution < 1.29 is 23.5 Å². The predicted molar refractivity (Wildman–Crippen MR) is 69.5 cm³/mol. The zero-order valence-electron chi connectivity index (χ0n) is 11.5. The highest BCUT2D eigenvalue weighted by atomic mass is 19.1. The highest BCUT2D eigenvalue weighted by Gasteiger charge is 2.67. The molecule has 2 rings (SSSR count). The number of carbonyl (C=O) groups excluding carboxylic acids is 2. The number of rotatable bonds is 5. The molecule has 1 fully saturated rings. The van der Waals surface area contributed by atoms with Crippen molar-refractivity contribution in [1.29, 1.82) is 0 Å². The van der Waals surface area contributed by atoms with Crippen molar-refractivity contribution in [1.82, 2.24) is 0 Å². The highest BCUT2D eigenvalue weighted by Crippen LogP contribution is 2.56. The number of carbonyl (C=O) groups is 2. The number of halogens is 1. The summed E-state index contributed by atoms with van der Waals surface area (Å²) < 4.78 is 24.0. The molecule has 1 aromatic carbocycles. The van der Waals surface area contributed by atoms with Crippen LogP contribution < -0.4 is 0 Å². The molecule has 20 heavy (non-hydrogen) atoms. The average molecular weight is 280 g/mol. The van der Waals surface area contributed by atoms with E-state index in [2.05, 4.69) is 0 Å². The predicted octanol–water partition coefficient (Wildman–Crippen LogP) is 2.21. The molecule has 0 unspecified atom stereocenters. The van der Waals surface area contributed by atoms with Crippen LogP contribution in [0.25, 0.3) is 0 Å². The van der Waals surface area contributed by atoms with E-state index in [1.54, 1.807) is 26.0 Å². The molecule has 0 amide bonds. The second-order valence-electron chi connectivity index (χ2n) is 4.68. The standard InChI is InChI=1S/C15H17FO4/c1-3-19-13(17)11-9-15(11,14(18)20-4-2)10-7-5-6-8-12(10)16/h5-8,11H,3-4,9H2,1-2H3/t11-,15-/m0/s1. The SMILES string of the molecule is CCOC(=O)[C@@H]1C[C@]1(C(=O)OCC)c1ccccc1F. The van der Waals surface area contributed by atoms with Crippen LogP contribution >= 0.6 is 0 Å². The third-order valence-electron chi connectivity index (χ3n) is 3.53. The second-order valence-corrected chi connectivity index (χ2v) is 4.68. The van der Waals surface area contributed by atoms with E-state index in [0.717, 1.165) is 0 Å². The van der Waals surface area contributed by atoms with Crippen molar-refractivity contribution >= 4 is 11.9 Å². The van der Waals surface area contributed by atoms with Crippen molar-refractivity contribution in [3.8, 4) is 0 Å². The Morgan fingerprint density at radius 2 is 1.90 bits per heavy atom. The van der Waals surface area contributed by atoms with Crippen molar-refractivity contribution in [2.45, 2.75) is 25.7 Å². The zero-order valence-corrected chi connectivity index (χ0v) is 11.5. The van der Waals surface area contributed by atoms with Gasteiger partial charge < -0.3 is 9.47 Å². The highest BCUT2D eigenvalue weighted by molar-refractivity contribution is 5.96.